The van der Waals surface area contributed by atoms with Gasteiger partial charge in [0, 0.05) is 26.2 Å². The van der Waals surface area contributed by atoms with Gasteiger partial charge in [0.1, 0.15) is 11.8 Å². The van der Waals surface area contributed by atoms with E-state index in [0.717, 1.165) is 25.3 Å². The van der Waals surface area contributed by atoms with Gasteiger partial charge in [-0.15, -0.1) is 0 Å². The molecule has 1 aliphatic heterocycles. The lowest BCUT2D eigenvalue weighted by Crippen LogP contribution is -2.51. The molecule has 0 unspecified atom stereocenters. The van der Waals surface area contributed by atoms with Crippen LogP contribution in [0.5, 0.6) is 5.75 Å². The average molecular weight is 363 g/mol. The number of hydrogen-bond acceptors (Lipinski definition) is 4. The third kappa shape index (κ3) is 5.62. The minimum atomic E-state index is -1.21. The molecule has 0 spiro atoms. The van der Waals surface area contributed by atoms with Gasteiger partial charge in [0.25, 0.3) is 0 Å². The number of nitrogens with one attached hydrogen (secondary N) is 1. The zero-order valence-corrected chi connectivity index (χ0v) is 15.8. The van der Waals surface area contributed by atoms with Gasteiger partial charge in [-0.05, 0) is 30.7 Å². The Morgan fingerprint density at radius 2 is 1.81 bits per heavy atom. The standard InChI is InChI=1S/C19H29N3O4/c1-4-14(2)13-26-16-7-5-15(6-8-16)17(20-19(24)25)18(23)22-11-9-21(3)10-12-22/h5-8,14,17,20H,4,9-13H2,1-3H3,(H,24,25)/t14-,17+/m0/s1. The summed E-state index contributed by atoms with van der Waals surface area (Å²) in [5, 5.41) is 11.5. The van der Waals surface area contributed by atoms with Crippen LogP contribution in [0, 0.1) is 5.92 Å². The number of carboxylic acid groups (broad SMARTS) is 1. The molecule has 2 amide bonds. The van der Waals surface area contributed by atoms with Gasteiger partial charge in [0.2, 0.25) is 5.91 Å². The monoisotopic (exact) mass is 363 g/mol. The molecule has 1 fully saturated rings. The predicted octanol–water partition coefficient (Wildman–Crippen LogP) is 2.19. The summed E-state index contributed by atoms with van der Waals surface area (Å²) in [7, 11) is 2.01. The third-order valence-electron chi connectivity index (χ3n) is 4.77. The Kier molecular flexibility index (Phi) is 7.26. The fraction of sp³-hybridized carbons (Fsp3) is 0.579. The molecule has 1 heterocycles. The summed E-state index contributed by atoms with van der Waals surface area (Å²) in [6, 6.07) is 6.16. The first-order chi connectivity index (χ1) is 12.4. The number of carbonyl (C=O) groups is 2. The molecule has 2 atom stereocenters. The molecule has 1 saturated heterocycles. The number of carbonyl (C=O) groups excluding carboxylic acids is 1. The molecule has 1 aromatic carbocycles. The van der Waals surface area contributed by atoms with Crippen molar-refractivity contribution in [2.75, 3.05) is 39.8 Å². The minimum Gasteiger partial charge on any atom is -0.493 e. The summed E-state index contributed by atoms with van der Waals surface area (Å²) in [6.07, 6.45) is -0.169. The maximum absolute atomic E-state index is 12.8. The summed E-state index contributed by atoms with van der Waals surface area (Å²) >= 11 is 0. The summed E-state index contributed by atoms with van der Waals surface area (Å²) in [6.45, 7) is 7.64. The van der Waals surface area contributed by atoms with Crippen molar-refractivity contribution in [3.63, 3.8) is 0 Å². The van der Waals surface area contributed by atoms with Crippen molar-refractivity contribution in [1.29, 1.82) is 0 Å². The molecule has 0 aliphatic carbocycles. The Morgan fingerprint density at radius 1 is 1.19 bits per heavy atom. The minimum absolute atomic E-state index is 0.214. The van der Waals surface area contributed by atoms with E-state index < -0.39 is 12.1 Å². The number of hydrogen-bond donors (Lipinski definition) is 2. The number of likely N-dealkylation sites (N-methyl/N-ethyl adjacent to an activating group) is 1. The van der Waals surface area contributed by atoms with Gasteiger partial charge in [-0.1, -0.05) is 32.4 Å². The number of benzene rings is 1. The molecule has 0 saturated carbocycles. The van der Waals surface area contributed by atoms with E-state index >= 15 is 0 Å². The maximum atomic E-state index is 12.8. The molecule has 2 N–H and O–H groups in total. The van der Waals surface area contributed by atoms with Crippen molar-refractivity contribution < 1.29 is 19.4 Å². The molecule has 26 heavy (non-hydrogen) atoms. The molecular formula is C19H29N3O4. The number of ether oxygens (including phenoxy) is 1. The molecule has 1 aromatic rings. The maximum Gasteiger partial charge on any atom is 0.405 e. The molecule has 7 heteroatoms. The summed E-state index contributed by atoms with van der Waals surface area (Å²) < 4.78 is 5.73. The molecule has 0 aromatic heterocycles. The van der Waals surface area contributed by atoms with E-state index in [0.29, 0.717) is 31.2 Å². The van der Waals surface area contributed by atoms with E-state index in [1.165, 1.54) is 0 Å². The van der Waals surface area contributed by atoms with Crippen LogP contribution in [0.3, 0.4) is 0 Å². The van der Waals surface area contributed by atoms with Crippen LogP contribution in [0.4, 0.5) is 4.79 Å². The lowest BCUT2D eigenvalue weighted by molar-refractivity contribution is -0.135. The van der Waals surface area contributed by atoms with Gasteiger partial charge >= 0.3 is 6.09 Å². The first-order valence-electron chi connectivity index (χ1n) is 9.10. The van der Waals surface area contributed by atoms with E-state index in [4.69, 9.17) is 9.84 Å². The highest BCUT2D eigenvalue weighted by atomic mass is 16.5. The van der Waals surface area contributed by atoms with Crippen molar-refractivity contribution in [2.24, 2.45) is 5.92 Å². The average Bonchev–Trinajstić information content (AvgIpc) is 2.64. The normalized spacial score (nSPS) is 17.4. The lowest BCUT2D eigenvalue weighted by Gasteiger charge is -2.34. The molecule has 0 radical (unpaired) electrons. The largest absolute Gasteiger partial charge is 0.493 e. The van der Waals surface area contributed by atoms with Crippen molar-refractivity contribution in [3.05, 3.63) is 29.8 Å². The summed E-state index contributed by atoms with van der Waals surface area (Å²) in [5.74, 6) is 0.971. The van der Waals surface area contributed by atoms with E-state index in [1.54, 1.807) is 29.2 Å². The molecule has 1 aliphatic rings. The van der Waals surface area contributed by atoms with Crippen LogP contribution in [-0.4, -0.2) is 66.7 Å². The second-order valence-corrected chi connectivity index (χ2v) is 6.90. The molecular weight excluding hydrogens is 334 g/mol. The predicted molar refractivity (Wildman–Crippen MR) is 99.4 cm³/mol. The Hall–Kier alpha value is -2.28. The van der Waals surface area contributed by atoms with Crippen LogP contribution >= 0.6 is 0 Å². The van der Waals surface area contributed by atoms with E-state index in [-0.39, 0.29) is 5.91 Å². The van der Waals surface area contributed by atoms with Crippen molar-refractivity contribution in [2.45, 2.75) is 26.3 Å². The Morgan fingerprint density at radius 3 is 2.35 bits per heavy atom. The fourth-order valence-corrected chi connectivity index (χ4v) is 2.73. The Balaban J connectivity index is 2.08. The quantitative estimate of drug-likeness (QED) is 0.776. The summed E-state index contributed by atoms with van der Waals surface area (Å²) in [5.41, 5.74) is 0.618. The Labute approximate surface area is 154 Å². The topological polar surface area (TPSA) is 82.1 Å². The molecule has 0 bridgehead atoms. The van der Waals surface area contributed by atoms with E-state index in [9.17, 15) is 9.59 Å². The zero-order chi connectivity index (χ0) is 19.1. The first-order valence-corrected chi connectivity index (χ1v) is 9.10. The lowest BCUT2D eigenvalue weighted by atomic mass is 10.0. The zero-order valence-electron chi connectivity index (χ0n) is 15.8. The van der Waals surface area contributed by atoms with Crippen molar-refractivity contribution >= 4 is 12.0 Å². The fourth-order valence-electron chi connectivity index (χ4n) is 2.73. The van der Waals surface area contributed by atoms with Gasteiger partial charge in [0.05, 0.1) is 6.61 Å². The van der Waals surface area contributed by atoms with Gasteiger partial charge in [-0.2, -0.15) is 0 Å². The van der Waals surface area contributed by atoms with E-state index in [2.05, 4.69) is 24.1 Å². The van der Waals surface area contributed by atoms with E-state index in [1.807, 2.05) is 7.05 Å². The molecule has 7 nitrogen and oxygen atoms in total. The van der Waals surface area contributed by atoms with Crippen LogP contribution in [0.1, 0.15) is 31.9 Å². The molecule has 144 valence electrons. The number of nitrogens with zero attached hydrogens (tertiary/aromatic N) is 2. The van der Waals surface area contributed by atoms with Gasteiger partial charge in [-0.25, -0.2) is 4.79 Å². The number of rotatable bonds is 7. The number of amides is 2. The highest BCUT2D eigenvalue weighted by molar-refractivity contribution is 5.86. The van der Waals surface area contributed by atoms with Crippen LogP contribution in [0.25, 0.3) is 0 Å². The molecule has 2 rings (SSSR count). The summed E-state index contributed by atoms with van der Waals surface area (Å²) in [4.78, 5) is 27.9. The van der Waals surface area contributed by atoms with Gasteiger partial charge in [0.15, 0.2) is 0 Å². The van der Waals surface area contributed by atoms with Gasteiger partial charge in [-0.3, -0.25) is 4.79 Å². The second-order valence-electron chi connectivity index (χ2n) is 6.90. The highest BCUT2D eigenvalue weighted by Crippen LogP contribution is 2.21. The number of piperazine rings is 1. The third-order valence-corrected chi connectivity index (χ3v) is 4.77. The highest BCUT2D eigenvalue weighted by Gasteiger charge is 2.29. The van der Waals surface area contributed by atoms with Crippen molar-refractivity contribution in [3.8, 4) is 5.75 Å². The van der Waals surface area contributed by atoms with Gasteiger partial charge < -0.3 is 25.0 Å². The first kappa shape index (κ1) is 20.0. The van der Waals surface area contributed by atoms with Crippen LogP contribution < -0.4 is 10.1 Å². The second kappa shape index (κ2) is 9.43. The smallest absolute Gasteiger partial charge is 0.405 e. The Bertz CT molecular complexity index is 597. The van der Waals surface area contributed by atoms with Crippen molar-refractivity contribution in [1.82, 2.24) is 15.1 Å². The van der Waals surface area contributed by atoms with Crippen LogP contribution in [-0.2, 0) is 4.79 Å². The SMILES string of the molecule is CC[C@H](C)COc1ccc([C@@H](NC(=O)O)C(=O)N2CCN(C)CC2)cc1. The van der Waals surface area contributed by atoms with Crippen LogP contribution in [0.15, 0.2) is 24.3 Å². The van der Waals surface area contributed by atoms with Crippen LogP contribution in [0.2, 0.25) is 0 Å².